The Morgan fingerprint density at radius 1 is 1.11 bits per heavy atom. The van der Waals surface area contributed by atoms with E-state index in [1.54, 1.807) is 49.0 Å². The van der Waals surface area contributed by atoms with Crippen molar-refractivity contribution in [1.82, 2.24) is 9.13 Å². The van der Waals surface area contributed by atoms with E-state index >= 15 is 0 Å². The molecule has 0 amide bonds. The highest BCUT2D eigenvalue weighted by Gasteiger charge is 2.35. The lowest BCUT2D eigenvalue weighted by Gasteiger charge is -2.26. The number of allylic oxidation sites excluding steroid dienone is 1. The third-order valence-electron chi connectivity index (χ3n) is 7.83. The second-order valence-corrected chi connectivity index (χ2v) is 13.6. The molecule has 1 aliphatic heterocycles. The second-order valence-electron chi connectivity index (χ2n) is 10.5. The lowest BCUT2D eigenvalue weighted by atomic mass is 9.95. The zero-order chi connectivity index (χ0) is 32.7. The smallest absolute Gasteiger partial charge is 0.338 e. The van der Waals surface area contributed by atoms with Crippen molar-refractivity contribution in [1.29, 1.82) is 5.26 Å². The van der Waals surface area contributed by atoms with Crippen LogP contribution in [0.25, 0.3) is 11.1 Å². The molecular weight excluding hydrogens is 676 g/mol. The Morgan fingerprint density at radius 3 is 2.49 bits per heavy atom. The largest absolute Gasteiger partial charge is 0.493 e. The van der Waals surface area contributed by atoms with Crippen LogP contribution >= 0.6 is 38.6 Å². The number of methoxy groups -OCH3 is 1. The van der Waals surface area contributed by atoms with Crippen LogP contribution in [0.5, 0.6) is 11.5 Å². The fourth-order valence-corrected chi connectivity index (χ4v) is 8.35. The lowest BCUT2D eigenvalue weighted by molar-refractivity contribution is -0.139. The molecule has 0 aliphatic carbocycles. The van der Waals surface area contributed by atoms with E-state index in [2.05, 4.69) is 26.6 Å². The summed E-state index contributed by atoms with van der Waals surface area (Å²) in [4.78, 5) is 34.0. The summed E-state index contributed by atoms with van der Waals surface area (Å²) in [5.41, 5.74) is 5.44. The van der Waals surface area contributed by atoms with Crippen LogP contribution in [-0.4, -0.2) is 35.4 Å². The Hall–Kier alpha value is -3.92. The van der Waals surface area contributed by atoms with E-state index in [1.807, 2.05) is 46.8 Å². The van der Waals surface area contributed by atoms with Crippen molar-refractivity contribution in [3.8, 4) is 22.6 Å². The number of halogens is 1. The first kappa shape index (κ1) is 32.5. The van der Waals surface area contributed by atoms with Gasteiger partial charge in [-0.05, 0) is 89.4 Å². The molecule has 1 aliphatic rings. The first-order valence-corrected chi connectivity index (χ1v) is 16.8. The number of ether oxygens (including phenoxy) is 3. The summed E-state index contributed by atoms with van der Waals surface area (Å²) < 4.78 is 21.6. The minimum Gasteiger partial charge on any atom is -0.493 e. The second kappa shape index (κ2) is 12.8. The Bertz CT molecular complexity index is 2110. The summed E-state index contributed by atoms with van der Waals surface area (Å²) in [6.45, 7) is 13.9. The van der Waals surface area contributed by atoms with Crippen LogP contribution in [0.2, 0.25) is 0 Å². The van der Waals surface area contributed by atoms with Gasteiger partial charge < -0.3 is 18.8 Å². The number of nitriles is 1. The third kappa shape index (κ3) is 5.58. The number of rotatable bonds is 8. The third-order valence-corrected chi connectivity index (χ3v) is 10.7. The summed E-state index contributed by atoms with van der Waals surface area (Å²) in [5, 5.41) is 10.8. The molecule has 12 heteroatoms. The van der Waals surface area contributed by atoms with Crippen LogP contribution < -0.4 is 24.4 Å². The van der Waals surface area contributed by atoms with Gasteiger partial charge in [0.05, 0.1) is 47.7 Å². The molecule has 0 fully saturated rings. The number of thiophene rings is 1. The Kier molecular flexibility index (Phi) is 9.26. The lowest BCUT2D eigenvalue weighted by Crippen LogP contribution is -2.40. The van der Waals surface area contributed by atoms with Gasteiger partial charge in [0.15, 0.2) is 16.3 Å². The summed E-state index contributed by atoms with van der Waals surface area (Å²) in [6, 6.07) is 7.11. The molecule has 0 radical (unpaired) electrons. The number of aromatic nitrogens is 2. The topological polar surface area (TPSA) is 108 Å². The molecule has 3 aromatic heterocycles. The number of carbonyl (C=O) groups excluding carboxylic acids is 1. The van der Waals surface area contributed by atoms with Crippen molar-refractivity contribution in [2.24, 2.45) is 4.99 Å². The van der Waals surface area contributed by atoms with Gasteiger partial charge in [0, 0.05) is 20.7 Å². The maximum absolute atomic E-state index is 14.3. The average molecular weight is 710 g/mol. The van der Waals surface area contributed by atoms with E-state index < -0.39 is 12.0 Å². The monoisotopic (exact) mass is 708 g/mol. The Balaban J connectivity index is 1.74. The predicted molar refractivity (Wildman–Crippen MR) is 180 cm³/mol. The number of hydrogen-bond donors (Lipinski definition) is 0. The van der Waals surface area contributed by atoms with Crippen LogP contribution in [0, 0.1) is 39.0 Å². The van der Waals surface area contributed by atoms with Crippen molar-refractivity contribution in [3.05, 3.63) is 92.1 Å². The molecule has 0 unspecified atom stereocenters. The van der Waals surface area contributed by atoms with E-state index in [9.17, 15) is 14.9 Å². The van der Waals surface area contributed by atoms with Gasteiger partial charge >= 0.3 is 5.97 Å². The molecule has 4 aromatic rings. The normalized spacial score (nSPS) is 14.7. The number of benzene rings is 1. The molecule has 5 rings (SSSR count). The summed E-state index contributed by atoms with van der Waals surface area (Å²) in [6.07, 6.45) is 1.86. The highest BCUT2D eigenvalue weighted by atomic mass is 79.9. The van der Waals surface area contributed by atoms with E-state index in [1.165, 1.54) is 11.3 Å². The Labute approximate surface area is 277 Å². The first-order valence-electron chi connectivity index (χ1n) is 14.4. The molecular formula is C33H33BrN4O5S2. The van der Waals surface area contributed by atoms with Crippen molar-refractivity contribution < 1.29 is 19.0 Å². The van der Waals surface area contributed by atoms with Gasteiger partial charge in [0.1, 0.15) is 11.1 Å². The maximum Gasteiger partial charge on any atom is 0.338 e. The minimum atomic E-state index is -0.829. The molecule has 1 atom stereocenters. The van der Waals surface area contributed by atoms with Gasteiger partial charge in [-0.15, -0.1) is 11.3 Å². The standard InChI is InChI=1S/C33H33BrN4O5S2/c1-9-42-26-13-22(24(34)14-25(26)41-8)29-28(32(40)43-10-2)18(5)36-33-38(29)30(39)27(45-33)12-21-11-16(3)37(19(21)6)31-23(15-35)17(4)20(7)44-31/h11-14,29H,9-10H2,1-8H3/b27-12+/t29-/m0/s1. The van der Waals surface area contributed by atoms with E-state index in [0.29, 0.717) is 48.7 Å². The first-order chi connectivity index (χ1) is 21.5. The van der Waals surface area contributed by atoms with Gasteiger partial charge in [-0.1, -0.05) is 27.3 Å². The minimum absolute atomic E-state index is 0.174. The summed E-state index contributed by atoms with van der Waals surface area (Å²) >= 11 is 6.50. The molecule has 9 nitrogen and oxygen atoms in total. The van der Waals surface area contributed by atoms with Gasteiger partial charge in [0.2, 0.25) is 0 Å². The van der Waals surface area contributed by atoms with Crippen molar-refractivity contribution in [2.45, 2.75) is 54.5 Å². The van der Waals surface area contributed by atoms with Gasteiger partial charge in [-0.25, -0.2) is 9.79 Å². The number of esters is 1. The predicted octanol–water partition coefficient (Wildman–Crippen LogP) is 5.93. The van der Waals surface area contributed by atoms with Crippen LogP contribution in [-0.2, 0) is 9.53 Å². The van der Waals surface area contributed by atoms with Crippen molar-refractivity contribution in [3.63, 3.8) is 0 Å². The molecule has 45 heavy (non-hydrogen) atoms. The van der Waals surface area contributed by atoms with E-state index in [-0.39, 0.29) is 17.7 Å². The van der Waals surface area contributed by atoms with E-state index in [4.69, 9.17) is 19.2 Å². The van der Waals surface area contributed by atoms with Gasteiger partial charge in [-0.3, -0.25) is 9.36 Å². The fourth-order valence-electron chi connectivity index (χ4n) is 5.56. The molecule has 4 heterocycles. The van der Waals surface area contributed by atoms with Crippen LogP contribution in [0.15, 0.2) is 43.7 Å². The van der Waals surface area contributed by atoms with Crippen LogP contribution in [0.3, 0.4) is 0 Å². The maximum atomic E-state index is 14.3. The van der Waals surface area contributed by atoms with Gasteiger partial charge in [-0.2, -0.15) is 5.26 Å². The number of hydrogen-bond acceptors (Lipinski definition) is 9. The summed E-state index contributed by atoms with van der Waals surface area (Å²) in [7, 11) is 1.56. The molecule has 0 N–H and O–H groups in total. The number of aryl methyl sites for hydroxylation is 2. The molecule has 234 valence electrons. The number of thiazole rings is 1. The SMILES string of the molecule is CCOC(=O)C1=C(C)N=c2s/c(=C/c3cc(C)n(-c4sc(C)c(C)c4C#N)c3C)c(=O)n2[C@H]1c1cc(OCC)c(OC)cc1Br. The molecule has 0 saturated heterocycles. The van der Waals surface area contributed by atoms with Crippen LogP contribution in [0.4, 0.5) is 0 Å². The zero-order valence-corrected chi connectivity index (χ0v) is 29.5. The average Bonchev–Trinajstić information content (AvgIpc) is 3.56. The number of fused-ring (bicyclic) bond motifs is 1. The molecule has 1 aromatic carbocycles. The zero-order valence-electron chi connectivity index (χ0n) is 26.3. The summed E-state index contributed by atoms with van der Waals surface area (Å²) in [5.74, 6) is 0.461. The Morgan fingerprint density at radius 2 is 1.84 bits per heavy atom. The number of nitrogens with zero attached hydrogens (tertiary/aromatic N) is 4. The molecule has 0 saturated carbocycles. The van der Waals surface area contributed by atoms with Crippen molar-refractivity contribution >= 4 is 50.6 Å². The molecule has 0 spiro atoms. The van der Waals surface area contributed by atoms with Gasteiger partial charge in [0.25, 0.3) is 5.56 Å². The van der Waals surface area contributed by atoms with Crippen LogP contribution in [0.1, 0.15) is 65.3 Å². The molecule has 0 bridgehead atoms. The number of carbonyl (C=O) groups is 1. The van der Waals surface area contributed by atoms with E-state index in [0.717, 1.165) is 32.4 Å². The fraction of sp³-hybridized carbons (Fsp3) is 0.333. The highest BCUT2D eigenvalue weighted by molar-refractivity contribution is 9.10. The quantitative estimate of drug-likeness (QED) is 0.210. The highest BCUT2D eigenvalue weighted by Crippen LogP contribution is 2.41. The van der Waals surface area contributed by atoms with Crippen molar-refractivity contribution in [2.75, 3.05) is 20.3 Å².